The van der Waals surface area contributed by atoms with E-state index in [1.54, 1.807) is 12.1 Å². The van der Waals surface area contributed by atoms with Gasteiger partial charge in [-0.1, -0.05) is 35.3 Å². The predicted octanol–water partition coefficient (Wildman–Crippen LogP) is 4.51. The molecule has 0 bridgehead atoms. The number of carbonyl (C=O) groups excluding carboxylic acids is 1. The molecule has 2 aromatic carbocycles. The van der Waals surface area contributed by atoms with E-state index in [-0.39, 0.29) is 32.8 Å². The van der Waals surface area contributed by atoms with Crippen molar-refractivity contribution in [2.24, 2.45) is 0 Å². The Hall–Kier alpha value is -2.11. The molecule has 0 amide bonds. The summed E-state index contributed by atoms with van der Waals surface area (Å²) in [6.07, 6.45) is 0.596. The molecule has 0 aliphatic carbocycles. The molecule has 20 heavy (non-hydrogen) atoms. The summed E-state index contributed by atoms with van der Waals surface area (Å²) in [7, 11) is 0. The van der Waals surface area contributed by atoms with Crippen LogP contribution in [0.3, 0.4) is 0 Å². The van der Waals surface area contributed by atoms with E-state index in [1.807, 2.05) is 0 Å². The van der Waals surface area contributed by atoms with Gasteiger partial charge in [0.25, 0.3) is 0 Å². The van der Waals surface area contributed by atoms with Crippen LogP contribution in [0, 0.1) is 10.1 Å². The molecule has 0 aliphatic heterocycles. The van der Waals surface area contributed by atoms with Crippen LogP contribution in [0.5, 0.6) is 11.5 Å². The minimum atomic E-state index is -0.638. The lowest BCUT2D eigenvalue weighted by atomic mass is 10.2. The Bertz CT molecular complexity index is 688. The molecule has 0 heterocycles. The van der Waals surface area contributed by atoms with Gasteiger partial charge in [0, 0.05) is 12.1 Å². The fourth-order valence-corrected chi connectivity index (χ4v) is 1.84. The van der Waals surface area contributed by atoms with Gasteiger partial charge in [-0.3, -0.25) is 14.9 Å². The third kappa shape index (κ3) is 2.89. The lowest BCUT2D eigenvalue weighted by molar-refractivity contribution is -0.385. The first-order chi connectivity index (χ1) is 9.52. The van der Waals surface area contributed by atoms with Gasteiger partial charge in [-0.05, 0) is 12.1 Å². The van der Waals surface area contributed by atoms with Gasteiger partial charge in [-0.2, -0.15) is 0 Å². The number of hydrogen-bond acceptors (Lipinski definition) is 4. The molecule has 0 radical (unpaired) electrons. The zero-order valence-corrected chi connectivity index (χ0v) is 11.4. The van der Waals surface area contributed by atoms with Crippen LogP contribution < -0.4 is 4.74 Å². The molecule has 0 fully saturated rings. The number of benzene rings is 2. The van der Waals surface area contributed by atoms with Crippen molar-refractivity contribution in [2.75, 3.05) is 0 Å². The Morgan fingerprint density at radius 1 is 1.10 bits per heavy atom. The molecule has 5 nitrogen and oxygen atoms in total. The lowest BCUT2D eigenvalue weighted by Crippen LogP contribution is -1.96. The van der Waals surface area contributed by atoms with Crippen LogP contribution in [0.15, 0.2) is 36.4 Å². The van der Waals surface area contributed by atoms with E-state index in [1.165, 1.54) is 18.2 Å². The fraction of sp³-hybridized carbons (Fsp3) is 0. The van der Waals surface area contributed by atoms with Crippen LogP contribution in [-0.4, -0.2) is 11.2 Å². The molecule has 0 aromatic heterocycles. The van der Waals surface area contributed by atoms with Gasteiger partial charge in [0.15, 0.2) is 6.29 Å². The van der Waals surface area contributed by atoms with Crippen molar-refractivity contribution in [3.63, 3.8) is 0 Å². The quantitative estimate of drug-likeness (QED) is 0.473. The zero-order chi connectivity index (χ0) is 14.7. The molecule has 2 aromatic rings. The standard InChI is InChI=1S/C13H7Cl2NO4/c14-9-5-11(16(18)19)13(6-10(9)15)20-12-4-2-1-3-8(12)7-17/h1-7H. The average molecular weight is 312 g/mol. The van der Waals surface area contributed by atoms with Crippen LogP contribution in [0.25, 0.3) is 0 Å². The number of para-hydroxylation sites is 1. The number of halogens is 2. The molecule has 0 atom stereocenters. The Morgan fingerprint density at radius 3 is 2.40 bits per heavy atom. The maximum atomic E-state index is 11.0. The highest BCUT2D eigenvalue weighted by Crippen LogP contribution is 2.38. The first kappa shape index (κ1) is 14.3. The molecule has 7 heteroatoms. The van der Waals surface area contributed by atoms with Crippen molar-refractivity contribution in [3.05, 3.63) is 62.1 Å². The predicted molar refractivity (Wildman–Crippen MR) is 75.0 cm³/mol. The molecule has 0 saturated heterocycles. The average Bonchev–Trinajstić information content (AvgIpc) is 2.43. The summed E-state index contributed by atoms with van der Waals surface area (Å²) in [5.74, 6) is 0.114. The van der Waals surface area contributed by atoms with Crippen molar-refractivity contribution in [3.8, 4) is 11.5 Å². The summed E-state index contributed by atoms with van der Waals surface area (Å²) in [6, 6.07) is 8.69. The summed E-state index contributed by atoms with van der Waals surface area (Å²) in [5.41, 5.74) is -0.0621. The number of nitro benzene ring substituents is 1. The molecule has 0 aliphatic rings. The molecule has 2 rings (SSSR count). The van der Waals surface area contributed by atoms with Crippen LogP contribution >= 0.6 is 23.2 Å². The van der Waals surface area contributed by atoms with Crippen molar-refractivity contribution in [2.45, 2.75) is 0 Å². The highest BCUT2D eigenvalue weighted by atomic mass is 35.5. The van der Waals surface area contributed by atoms with Gasteiger partial charge < -0.3 is 4.74 Å². The van der Waals surface area contributed by atoms with Crippen molar-refractivity contribution >= 4 is 35.2 Å². The first-order valence-corrected chi connectivity index (χ1v) is 6.14. The normalized spacial score (nSPS) is 10.1. The number of nitro groups is 1. The Labute approximate surface area is 123 Å². The Kier molecular flexibility index (Phi) is 4.22. The van der Waals surface area contributed by atoms with E-state index in [0.717, 1.165) is 6.07 Å². The third-order valence-electron chi connectivity index (χ3n) is 2.46. The fourth-order valence-electron chi connectivity index (χ4n) is 1.53. The number of aldehydes is 1. The summed E-state index contributed by atoms with van der Waals surface area (Å²) < 4.78 is 5.41. The van der Waals surface area contributed by atoms with Gasteiger partial charge >= 0.3 is 5.69 Å². The molecule has 0 saturated carbocycles. The van der Waals surface area contributed by atoms with Crippen molar-refractivity contribution in [1.29, 1.82) is 0 Å². The SMILES string of the molecule is O=Cc1ccccc1Oc1cc(Cl)c(Cl)cc1[N+](=O)[O-]. The smallest absolute Gasteiger partial charge is 0.313 e. The Balaban J connectivity index is 2.50. The van der Waals surface area contributed by atoms with Crippen LogP contribution in [0.1, 0.15) is 10.4 Å². The number of ether oxygens (including phenoxy) is 1. The van der Waals surface area contributed by atoms with Crippen molar-refractivity contribution in [1.82, 2.24) is 0 Å². The highest BCUT2D eigenvalue weighted by molar-refractivity contribution is 6.42. The minimum Gasteiger partial charge on any atom is -0.449 e. The van der Waals surface area contributed by atoms with E-state index in [4.69, 9.17) is 27.9 Å². The van der Waals surface area contributed by atoms with Crippen LogP contribution in [-0.2, 0) is 0 Å². The van der Waals surface area contributed by atoms with Crippen LogP contribution in [0.2, 0.25) is 10.0 Å². The van der Waals surface area contributed by atoms with E-state index >= 15 is 0 Å². The molecule has 102 valence electrons. The summed E-state index contributed by atoms with van der Waals surface area (Å²) in [4.78, 5) is 21.2. The number of nitrogens with zero attached hydrogens (tertiary/aromatic N) is 1. The largest absolute Gasteiger partial charge is 0.449 e. The van der Waals surface area contributed by atoms with E-state index < -0.39 is 4.92 Å². The Morgan fingerprint density at radius 2 is 1.75 bits per heavy atom. The summed E-state index contributed by atoms with van der Waals surface area (Å²) in [5, 5.41) is 11.2. The van der Waals surface area contributed by atoms with E-state index in [9.17, 15) is 14.9 Å². The number of hydrogen-bond donors (Lipinski definition) is 0. The van der Waals surface area contributed by atoms with Gasteiger partial charge in [-0.15, -0.1) is 0 Å². The molecule has 0 unspecified atom stereocenters. The van der Waals surface area contributed by atoms with Crippen molar-refractivity contribution < 1.29 is 14.5 Å². The summed E-state index contributed by atoms with van der Waals surface area (Å²) >= 11 is 11.6. The van der Waals surface area contributed by atoms with Gasteiger partial charge in [0.2, 0.25) is 5.75 Å². The van der Waals surface area contributed by atoms with Gasteiger partial charge in [-0.25, -0.2) is 0 Å². The second-order valence-corrected chi connectivity index (χ2v) is 4.56. The first-order valence-electron chi connectivity index (χ1n) is 5.38. The lowest BCUT2D eigenvalue weighted by Gasteiger charge is -2.09. The maximum Gasteiger partial charge on any atom is 0.313 e. The summed E-state index contributed by atoms with van der Waals surface area (Å²) in [6.45, 7) is 0. The third-order valence-corrected chi connectivity index (χ3v) is 3.19. The van der Waals surface area contributed by atoms with Crippen LogP contribution in [0.4, 0.5) is 5.69 Å². The molecule has 0 spiro atoms. The maximum absolute atomic E-state index is 11.0. The topological polar surface area (TPSA) is 69.4 Å². The molecular formula is C13H7Cl2NO4. The van der Waals surface area contributed by atoms with E-state index in [2.05, 4.69) is 0 Å². The number of rotatable bonds is 4. The van der Waals surface area contributed by atoms with Gasteiger partial charge in [0.05, 0.1) is 20.5 Å². The highest BCUT2D eigenvalue weighted by Gasteiger charge is 2.19. The monoisotopic (exact) mass is 311 g/mol. The molecule has 0 N–H and O–H groups in total. The molecular weight excluding hydrogens is 305 g/mol. The number of carbonyl (C=O) groups is 1. The van der Waals surface area contributed by atoms with Gasteiger partial charge in [0.1, 0.15) is 5.75 Å². The van der Waals surface area contributed by atoms with E-state index in [0.29, 0.717) is 6.29 Å². The minimum absolute atomic E-state index is 0.0504. The zero-order valence-electron chi connectivity index (χ0n) is 9.88. The second-order valence-electron chi connectivity index (χ2n) is 3.75. The second kappa shape index (κ2) is 5.90.